The van der Waals surface area contributed by atoms with Crippen LogP contribution in [-0.4, -0.2) is 27.0 Å². The summed E-state index contributed by atoms with van der Waals surface area (Å²) in [5, 5.41) is 9.02. The van der Waals surface area contributed by atoms with Gasteiger partial charge in [0.2, 0.25) is 15.2 Å². The smallest absolute Gasteiger partial charge is 0.253 e. The van der Waals surface area contributed by atoms with Crippen molar-refractivity contribution >= 4 is 59.7 Å². The normalized spacial score (nSPS) is 13.3. The summed E-state index contributed by atoms with van der Waals surface area (Å²) in [4.78, 5) is 0.0632. The van der Waals surface area contributed by atoms with Crippen LogP contribution >= 0.6 is 34.5 Å². The zero-order valence-electron chi connectivity index (χ0n) is 16.3. The molecule has 0 aliphatic heterocycles. The average molecular weight is 521 g/mol. The number of hydrogen-bond acceptors (Lipinski definition) is 7. The van der Waals surface area contributed by atoms with Crippen molar-refractivity contribution < 1.29 is 16.8 Å². The third-order valence-electron chi connectivity index (χ3n) is 4.13. The topological polar surface area (TPSA) is 118 Å². The van der Waals surface area contributed by atoms with Gasteiger partial charge in [0.25, 0.3) is 10.0 Å². The molecule has 8 nitrogen and oxygen atoms in total. The van der Waals surface area contributed by atoms with Gasteiger partial charge in [-0.05, 0) is 54.4 Å². The Bertz CT molecular complexity index is 1260. The van der Waals surface area contributed by atoms with Crippen molar-refractivity contribution in [1.82, 2.24) is 14.9 Å². The first-order valence-electron chi connectivity index (χ1n) is 8.87. The van der Waals surface area contributed by atoms with E-state index >= 15 is 0 Å². The first kappa shape index (κ1) is 23.9. The Balaban J connectivity index is 1.82. The highest BCUT2D eigenvalue weighted by atomic mass is 35.5. The summed E-state index contributed by atoms with van der Waals surface area (Å²) in [6, 6.07) is 10.7. The van der Waals surface area contributed by atoms with E-state index in [2.05, 4.69) is 19.6 Å². The van der Waals surface area contributed by atoms with Gasteiger partial charge in [-0.2, -0.15) is 0 Å². The molecule has 0 spiro atoms. The molecule has 0 fully saturated rings. The van der Waals surface area contributed by atoms with Crippen LogP contribution in [-0.2, 0) is 20.0 Å². The van der Waals surface area contributed by atoms with Crippen molar-refractivity contribution in [2.45, 2.75) is 29.7 Å². The molecule has 0 radical (unpaired) electrons. The molecule has 31 heavy (non-hydrogen) atoms. The molecule has 2 N–H and O–H groups in total. The molecule has 1 unspecified atom stereocenters. The minimum absolute atomic E-state index is 0.0116. The predicted molar refractivity (Wildman–Crippen MR) is 122 cm³/mol. The van der Waals surface area contributed by atoms with Gasteiger partial charge in [0.1, 0.15) is 5.01 Å². The van der Waals surface area contributed by atoms with Gasteiger partial charge in [0.15, 0.2) is 0 Å². The minimum atomic E-state index is -3.90. The monoisotopic (exact) mass is 520 g/mol. The van der Waals surface area contributed by atoms with Gasteiger partial charge in [-0.3, -0.25) is 4.72 Å². The Labute approximate surface area is 194 Å². The van der Waals surface area contributed by atoms with Crippen molar-refractivity contribution in [2.24, 2.45) is 5.92 Å². The molecule has 166 valence electrons. The lowest BCUT2D eigenvalue weighted by molar-refractivity contribution is 0.459. The van der Waals surface area contributed by atoms with Gasteiger partial charge in [-0.1, -0.05) is 48.4 Å². The molecule has 13 heteroatoms. The van der Waals surface area contributed by atoms with Crippen LogP contribution in [0.4, 0.5) is 5.13 Å². The van der Waals surface area contributed by atoms with E-state index < -0.39 is 26.1 Å². The molecule has 0 bridgehead atoms. The van der Waals surface area contributed by atoms with Gasteiger partial charge in [0.05, 0.1) is 15.8 Å². The fourth-order valence-electron chi connectivity index (χ4n) is 2.51. The zero-order valence-corrected chi connectivity index (χ0v) is 20.2. The molecular formula is C18H18Cl2N4O4S3. The highest BCUT2D eigenvalue weighted by Gasteiger charge is 2.28. The second-order valence-corrected chi connectivity index (χ2v) is 12.1. The molecular weight excluding hydrogens is 503 g/mol. The second kappa shape index (κ2) is 9.39. The SMILES string of the molecule is CC(C)C(NS(=O)(=O)c1ccc(Cl)cc1)c1nnc(NS(=O)(=O)c2ccc(Cl)cc2)s1. The highest BCUT2D eigenvalue weighted by molar-refractivity contribution is 7.93. The lowest BCUT2D eigenvalue weighted by Gasteiger charge is -2.19. The Kier molecular flexibility index (Phi) is 7.24. The van der Waals surface area contributed by atoms with Gasteiger partial charge in [-0.15, -0.1) is 10.2 Å². The van der Waals surface area contributed by atoms with E-state index in [0.717, 1.165) is 11.3 Å². The van der Waals surface area contributed by atoms with Crippen LogP contribution < -0.4 is 9.44 Å². The van der Waals surface area contributed by atoms with Crippen LogP contribution in [0.3, 0.4) is 0 Å². The number of rotatable bonds is 8. The fourth-order valence-corrected chi connectivity index (χ4v) is 6.38. The van der Waals surface area contributed by atoms with Crippen LogP contribution in [0.15, 0.2) is 58.3 Å². The molecule has 1 atom stereocenters. The molecule has 1 aromatic heterocycles. The molecule has 2 aromatic carbocycles. The molecule has 3 aromatic rings. The quantitative estimate of drug-likeness (QED) is 0.456. The summed E-state index contributed by atoms with van der Waals surface area (Å²) in [5.41, 5.74) is 0. The third-order valence-corrected chi connectivity index (χ3v) is 8.49. The molecule has 3 rings (SSSR count). The highest BCUT2D eigenvalue weighted by Crippen LogP contribution is 2.30. The summed E-state index contributed by atoms with van der Waals surface area (Å²) >= 11 is 12.6. The number of nitrogens with zero attached hydrogens (tertiary/aromatic N) is 2. The second-order valence-electron chi connectivity index (χ2n) is 6.80. The maximum atomic E-state index is 12.8. The lowest BCUT2D eigenvalue weighted by atomic mass is 10.1. The number of benzene rings is 2. The van der Waals surface area contributed by atoms with Crippen LogP contribution in [0.25, 0.3) is 0 Å². The first-order chi connectivity index (χ1) is 14.5. The largest absolute Gasteiger partial charge is 0.263 e. The Morgan fingerprint density at radius 2 is 1.29 bits per heavy atom. The predicted octanol–water partition coefficient (Wildman–Crippen LogP) is 4.32. The van der Waals surface area contributed by atoms with Gasteiger partial charge >= 0.3 is 0 Å². The summed E-state index contributed by atoms with van der Waals surface area (Å²) < 4.78 is 55.5. The standard InChI is InChI=1S/C18H18Cl2N4O4S3/c1-11(2)16(23-30(25,26)14-7-3-12(19)4-8-14)17-21-22-18(29-17)24-31(27,28)15-9-5-13(20)6-10-15/h3-11,16,23H,1-2H3,(H,22,24). The van der Waals surface area contributed by atoms with E-state index in [-0.39, 0.29) is 20.8 Å². The van der Waals surface area contributed by atoms with Gasteiger partial charge in [0, 0.05) is 10.0 Å². The average Bonchev–Trinajstić information content (AvgIpc) is 3.14. The van der Waals surface area contributed by atoms with E-state index in [4.69, 9.17) is 23.2 Å². The third kappa shape index (κ3) is 5.93. The zero-order chi connectivity index (χ0) is 22.8. The van der Waals surface area contributed by atoms with E-state index in [0.29, 0.717) is 15.1 Å². The molecule has 0 aliphatic carbocycles. The van der Waals surface area contributed by atoms with Crippen molar-refractivity contribution in [3.63, 3.8) is 0 Å². The maximum Gasteiger partial charge on any atom is 0.263 e. The van der Waals surface area contributed by atoms with Crippen molar-refractivity contribution in [1.29, 1.82) is 0 Å². The number of aromatic nitrogens is 2. The van der Waals surface area contributed by atoms with E-state index in [1.165, 1.54) is 48.5 Å². The Morgan fingerprint density at radius 3 is 1.77 bits per heavy atom. The number of anilines is 1. The molecule has 0 amide bonds. The summed E-state index contributed by atoms with van der Waals surface area (Å²) in [7, 11) is -7.76. The van der Waals surface area contributed by atoms with E-state index in [9.17, 15) is 16.8 Å². The molecule has 1 heterocycles. The van der Waals surface area contributed by atoms with Gasteiger partial charge < -0.3 is 0 Å². The number of sulfonamides is 2. The van der Waals surface area contributed by atoms with Crippen LogP contribution in [0.5, 0.6) is 0 Å². The summed E-state index contributed by atoms with van der Waals surface area (Å²) in [5.74, 6) is -0.184. The fraction of sp³-hybridized carbons (Fsp3) is 0.222. The first-order valence-corrected chi connectivity index (χ1v) is 13.4. The van der Waals surface area contributed by atoms with Gasteiger partial charge in [-0.25, -0.2) is 21.6 Å². The van der Waals surface area contributed by atoms with Crippen LogP contribution in [0, 0.1) is 5.92 Å². The van der Waals surface area contributed by atoms with Crippen molar-refractivity contribution in [2.75, 3.05) is 4.72 Å². The van der Waals surface area contributed by atoms with Crippen LogP contribution in [0.2, 0.25) is 10.0 Å². The molecule has 0 saturated heterocycles. The molecule has 0 saturated carbocycles. The van der Waals surface area contributed by atoms with Crippen molar-refractivity contribution in [3.8, 4) is 0 Å². The number of hydrogen-bond donors (Lipinski definition) is 2. The maximum absolute atomic E-state index is 12.8. The number of nitrogens with one attached hydrogen (secondary N) is 2. The minimum Gasteiger partial charge on any atom is -0.253 e. The summed E-state index contributed by atoms with van der Waals surface area (Å²) in [6.07, 6.45) is 0. The summed E-state index contributed by atoms with van der Waals surface area (Å²) in [6.45, 7) is 3.63. The Morgan fingerprint density at radius 1 is 0.806 bits per heavy atom. The van der Waals surface area contributed by atoms with E-state index in [1.54, 1.807) is 0 Å². The number of halogens is 2. The van der Waals surface area contributed by atoms with Crippen molar-refractivity contribution in [3.05, 3.63) is 63.6 Å². The Hall–Kier alpha value is -1.76. The lowest BCUT2D eigenvalue weighted by Crippen LogP contribution is -2.31. The van der Waals surface area contributed by atoms with Crippen LogP contribution in [0.1, 0.15) is 24.9 Å². The molecule has 0 aliphatic rings. The van der Waals surface area contributed by atoms with E-state index in [1.807, 2.05) is 13.8 Å².